The molecule has 3 unspecified atom stereocenters. The lowest BCUT2D eigenvalue weighted by Gasteiger charge is -2.36. The van der Waals surface area contributed by atoms with E-state index in [2.05, 4.69) is 26.3 Å². The van der Waals surface area contributed by atoms with Crippen LogP contribution in [0.1, 0.15) is 40.0 Å². The van der Waals surface area contributed by atoms with Gasteiger partial charge >= 0.3 is 0 Å². The molecule has 1 aliphatic heterocycles. The highest BCUT2D eigenvalue weighted by atomic mass is 16.8. The van der Waals surface area contributed by atoms with Gasteiger partial charge in [0.1, 0.15) is 0 Å². The van der Waals surface area contributed by atoms with Crippen LogP contribution in [0, 0.1) is 16.7 Å². The highest BCUT2D eigenvalue weighted by Gasteiger charge is 2.75. The van der Waals surface area contributed by atoms with E-state index >= 15 is 0 Å². The molecule has 0 amide bonds. The van der Waals surface area contributed by atoms with Crippen molar-refractivity contribution < 1.29 is 4.84 Å². The van der Waals surface area contributed by atoms with Crippen molar-refractivity contribution in [3.63, 3.8) is 0 Å². The number of nitrogens with one attached hydrogen (secondary N) is 1. The van der Waals surface area contributed by atoms with Gasteiger partial charge in [0, 0.05) is 5.41 Å². The summed E-state index contributed by atoms with van der Waals surface area (Å²) in [6.45, 7) is 7.20. The van der Waals surface area contributed by atoms with E-state index in [0.717, 1.165) is 5.92 Å². The van der Waals surface area contributed by atoms with Gasteiger partial charge in [0.05, 0.1) is 0 Å². The highest BCUT2D eigenvalue weighted by molar-refractivity contribution is 5.19. The molecule has 12 heavy (non-hydrogen) atoms. The van der Waals surface area contributed by atoms with Crippen molar-refractivity contribution in [2.24, 2.45) is 16.7 Å². The molecule has 1 heterocycles. The summed E-state index contributed by atoms with van der Waals surface area (Å²) in [7, 11) is 0. The van der Waals surface area contributed by atoms with Gasteiger partial charge in [0.2, 0.25) is 0 Å². The fourth-order valence-electron chi connectivity index (χ4n) is 3.62. The van der Waals surface area contributed by atoms with Gasteiger partial charge in [-0.3, -0.25) is 4.84 Å². The van der Waals surface area contributed by atoms with Crippen molar-refractivity contribution in [1.29, 1.82) is 0 Å². The van der Waals surface area contributed by atoms with Crippen LogP contribution < -0.4 is 5.48 Å². The Morgan fingerprint density at radius 2 is 2.00 bits per heavy atom. The van der Waals surface area contributed by atoms with Crippen molar-refractivity contribution in [2.45, 2.75) is 45.8 Å². The summed E-state index contributed by atoms with van der Waals surface area (Å²) in [6, 6.07) is 0. The van der Waals surface area contributed by atoms with Crippen molar-refractivity contribution in [3.8, 4) is 0 Å². The van der Waals surface area contributed by atoms with Gasteiger partial charge in [-0.25, -0.2) is 0 Å². The van der Waals surface area contributed by atoms with Crippen LogP contribution in [0.15, 0.2) is 0 Å². The van der Waals surface area contributed by atoms with E-state index in [4.69, 9.17) is 4.84 Å². The van der Waals surface area contributed by atoms with E-state index in [-0.39, 0.29) is 5.72 Å². The number of hydroxylamine groups is 1. The molecule has 3 atom stereocenters. The molecule has 0 aromatic carbocycles. The lowest BCUT2D eigenvalue weighted by molar-refractivity contribution is 0.0701. The molecule has 68 valence electrons. The Bertz CT molecular complexity index is 244. The standard InChI is InChI=1S/C10H17NO/c1-8(2)7-4-5-9(8,3)10(6-7)11-12-10/h7,11H,4-6H2,1-3H3. The summed E-state index contributed by atoms with van der Waals surface area (Å²) in [5, 5.41) is 0. The maximum Gasteiger partial charge on any atom is 0.167 e. The normalized spacial score (nSPS) is 59.8. The van der Waals surface area contributed by atoms with Gasteiger partial charge in [0.15, 0.2) is 5.72 Å². The topological polar surface area (TPSA) is 34.5 Å². The molecular formula is C10H17NO. The van der Waals surface area contributed by atoms with E-state index in [1.54, 1.807) is 0 Å². The molecule has 1 N–H and O–H groups in total. The minimum absolute atomic E-state index is 0.0828. The lowest BCUT2D eigenvalue weighted by atomic mass is 9.68. The molecule has 2 bridgehead atoms. The summed E-state index contributed by atoms with van der Waals surface area (Å²) < 4.78 is 0. The first kappa shape index (κ1) is 7.34. The second-order valence-corrected chi connectivity index (χ2v) is 5.52. The molecule has 0 aromatic heterocycles. The SMILES string of the molecule is CC1(C)C2CCC1(C)C1(C2)NO1. The number of hydrogen-bond acceptors (Lipinski definition) is 2. The maximum absolute atomic E-state index is 5.48. The first-order chi connectivity index (χ1) is 5.52. The summed E-state index contributed by atoms with van der Waals surface area (Å²) >= 11 is 0. The van der Waals surface area contributed by atoms with Crippen LogP contribution in [0.5, 0.6) is 0 Å². The Kier molecular flexibility index (Phi) is 0.978. The third-order valence-electron chi connectivity index (χ3n) is 5.21. The largest absolute Gasteiger partial charge is 0.274 e. The van der Waals surface area contributed by atoms with E-state index in [0.29, 0.717) is 10.8 Å². The molecule has 0 radical (unpaired) electrons. The average molecular weight is 167 g/mol. The average Bonchev–Trinajstić information content (AvgIpc) is 2.69. The molecular weight excluding hydrogens is 150 g/mol. The Balaban J connectivity index is 2.12. The predicted octanol–water partition coefficient (Wildman–Crippen LogP) is 2.06. The number of hydrogen-bond donors (Lipinski definition) is 1. The smallest absolute Gasteiger partial charge is 0.167 e. The van der Waals surface area contributed by atoms with Gasteiger partial charge in [-0.2, -0.15) is 5.48 Å². The third-order valence-corrected chi connectivity index (χ3v) is 5.21. The molecule has 2 aliphatic carbocycles. The number of fused-ring (bicyclic) bond motifs is 3. The van der Waals surface area contributed by atoms with Crippen molar-refractivity contribution in [1.82, 2.24) is 5.48 Å². The lowest BCUT2D eigenvalue weighted by Crippen LogP contribution is -2.39. The molecule has 1 spiro atoms. The summed E-state index contributed by atoms with van der Waals surface area (Å²) in [5.41, 5.74) is 4.07. The van der Waals surface area contributed by atoms with E-state index in [1.165, 1.54) is 19.3 Å². The zero-order chi connectivity index (χ0) is 8.61. The fraction of sp³-hybridized carbons (Fsp3) is 1.00. The van der Waals surface area contributed by atoms with Gasteiger partial charge in [-0.15, -0.1) is 0 Å². The van der Waals surface area contributed by atoms with Gasteiger partial charge < -0.3 is 0 Å². The van der Waals surface area contributed by atoms with Crippen molar-refractivity contribution >= 4 is 0 Å². The summed E-state index contributed by atoms with van der Waals surface area (Å²) in [6.07, 6.45) is 3.96. The Morgan fingerprint density at radius 3 is 2.25 bits per heavy atom. The van der Waals surface area contributed by atoms with Gasteiger partial charge in [-0.05, 0) is 30.6 Å². The zero-order valence-electron chi connectivity index (χ0n) is 8.11. The molecule has 2 saturated carbocycles. The minimum atomic E-state index is 0.0828. The molecule has 3 aliphatic rings. The van der Waals surface area contributed by atoms with E-state index in [1.807, 2.05) is 0 Å². The zero-order valence-corrected chi connectivity index (χ0v) is 8.11. The van der Waals surface area contributed by atoms with Crippen LogP contribution in [0.25, 0.3) is 0 Å². The second kappa shape index (κ2) is 1.60. The minimum Gasteiger partial charge on any atom is -0.274 e. The second-order valence-electron chi connectivity index (χ2n) is 5.52. The Morgan fingerprint density at radius 1 is 1.33 bits per heavy atom. The maximum atomic E-state index is 5.48. The third kappa shape index (κ3) is 0.495. The molecule has 1 saturated heterocycles. The Hall–Kier alpha value is -0.0800. The van der Waals surface area contributed by atoms with Crippen molar-refractivity contribution in [3.05, 3.63) is 0 Å². The van der Waals surface area contributed by atoms with Crippen LogP contribution >= 0.6 is 0 Å². The monoisotopic (exact) mass is 167 g/mol. The molecule has 0 aromatic rings. The van der Waals surface area contributed by atoms with E-state index < -0.39 is 0 Å². The Labute approximate surface area is 73.6 Å². The molecule has 2 heteroatoms. The first-order valence-electron chi connectivity index (χ1n) is 4.97. The van der Waals surface area contributed by atoms with Gasteiger partial charge in [-0.1, -0.05) is 20.8 Å². The summed E-state index contributed by atoms with van der Waals surface area (Å²) in [5.74, 6) is 0.873. The molecule has 2 nitrogen and oxygen atoms in total. The quantitative estimate of drug-likeness (QED) is 0.560. The number of rotatable bonds is 0. The summed E-state index contributed by atoms with van der Waals surface area (Å²) in [4.78, 5) is 5.48. The van der Waals surface area contributed by atoms with Crippen LogP contribution in [-0.4, -0.2) is 5.72 Å². The van der Waals surface area contributed by atoms with Crippen molar-refractivity contribution in [2.75, 3.05) is 0 Å². The molecule has 3 fully saturated rings. The van der Waals surface area contributed by atoms with Crippen LogP contribution in [0.2, 0.25) is 0 Å². The van der Waals surface area contributed by atoms with Crippen LogP contribution in [-0.2, 0) is 4.84 Å². The van der Waals surface area contributed by atoms with Crippen LogP contribution in [0.4, 0.5) is 0 Å². The fourth-order valence-corrected chi connectivity index (χ4v) is 3.62. The van der Waals surface area contributed by atoms with Gasteiger partial charge in [0.25, 0.3) is 0 Å². The predicted molar refractivity (Wildman–Crippen MR) is 46.2 cm³/mol. The highest BCUT2D eigenvalue weighted by Crippen LogP contribution is 2.72. The first-order valence-corrected chi connectivity index (χ1v) is 4.97. The molecule has 3 rings (SSSR count). The van der Waals surface area contributed by atoms with E-state index in [9.17, 15) is 0 Å². The van der Waals surface area contributed by atoms with Crippen LogP contribution in [0.3, 0.4) is 0 Å².